The summed E-state index contributed by atoms with van der Waals surface area (Å²) in [7, 11) is 0. The third-order valence-corrected chi connectivity index (χ3v) is 6.35. The van der Waals surface area contributed by atoms with Crippen LogP contribution in [0.2, 0.25) is 0 Å². The highest BCUT2D eigenvalue weighted by Crippen LogP contribution is 2.23. The molecule has 0 bridgehead atoms. The number of aryl methyl sites for hydroxylation is 1. The fraction of sp³-hybridized carbons (Fsp3) is 0.346. The van der Waals surface area contributed by atoms with Crippen LogP contribution in [0.1, 0.15) is 39.4 Å². The van der Waals surface area contributed by atoms with Crippen molar-refractivity contribution in [3.05, 3.63) is 65.5 Å². The van der Waals surface area contributed by atoms with Crippen LogP contribution in [0.5, 0.6) is 0 Å². The van der Waals surface area contributed by atoms with Gasteiger partial charge in [-0.2, -0.15) is 0 Å². The molecule has 186 valence electrons. The molecule has 0 unspecified atom stereocenters. The van der Waals surface area contributed by atoms with Crippen LogP contribution in [0.15, 0.2) is 48.5 Å². The minimum atomic E-state index is -0.0600. The zero-order valence-electron chi connectivity index (χ0n) is 20.3. The van der Waals surface area contributed by atoms with Crippen LogP contribution in [-0.4, -0.2) is 75.6 Å². The highest BCUT2D eigenvalue weighted by molar-refractivity contribution is 5.98. The molecule has 1 fully saturated rings. The average Bonchev–Trinajstić information content (AvgIpc) is 3.32. The lowest BCUT2D eigenvalue weighted by atomic mass is 10.1. The predicted octanol–water partition coefficient (Wildman–Crippen LogP) is 2.25. The number of rotatable bonds is 8. The van der Waals surface area contributed by atoms with E-state index in [4.69, 9.17) is 4.98 Å². The highest BCUT2D eigenvalue weighted by atomic mass is 16.2. The first kappa shape index (κ1) is 23.7. The number of hydrogen-bond donors (Lipinski definition) is 3. The van der Waals surface area contributed by atoms with Gasteiger partial charge in [0.05, 0.1) is 11.0 Å². The fourth-order valence-electron chi connectivity index (χ4n) is 4.42. The normalized spacial score (nSPS) is 13.8. The lowest BCUT2D eigenvalue weighted by Crippen LogP contribution is -2.46. The largest absolute Gasteiger partial charge is 0.367 e. The lowest BCUT2D eigenvalue weighted by Gasteiger charge is -2.27. The molecule has 1 aliphatic heterocycles. The molecule has 0 atom stereocenters. The summed E-state index contributed by atoms with van der Waals surface area (Å²) in [4.78, 5) is 31.8. The summed E-state index contributed by atoms with van der Waals surface area (Å²) in [6.45, 7) is 6.20. The molecule has 3 heterocycles. The molecular formula is C26H30N8O2. The summed E-state index contributed by atoms with van der Waals surface area (Å²) in [5.74, 6) is 1.35. The van der Waals surface area contributed by atoms with E-state index in [1.165, 1.54) is 0 Å². The van der Waals surface area contributed by atoms with Crippen LogP contribution < -0.4 is 16.0 Å². The maximum Gasteiger partial charge on any atom is 0.254 e. The third kappa shape index (κ3) is 4.99. The van der Waals surface area contributed by atoms with Gasteiger partial charge in [-0.15, -0.1) is 10.2 Å². The number of carbonyl (C=O) groups is 2. The zero-order valence-corrected chi connectivity index (χ0v) is 20.3. The number of unbranched alkanes of at least 4 members (excludes halogenated alkanes) is 1. The van der Waals surface area contributed by atoms with Gasteiger partial charge in [-0.05, 0) is 50.1 Å². The summed E-state index contributed by atoms with van der Waals surface area (Å²) in [5.41, 5.74) is 3.50. The molecule has 1 aliphatic rings. The molecule has 3 N–H and O–H groups in total. The number of fused-ring (bicyclic) bond motifs is 3. The maximum atomic E-state index is 13.0. The van der Waals surface area contributed by atoms with Gasteiger partial charge in [0.2, 0.25) is 5.65 Å². The minimum Gasteiger partial charge on any atom is -0.367 e. The van der Waals surface area contributed by atoms with E-state index in [1.54, 1.807) is 12.1 Å². The van der Waals surface area contributed by atoms with Crippen LogP contribution in [-0.2, 0) is 0 Å². The molecular weight excluding hydrogens is 456 g/mol. The Morgan fingerprint density at radius 3 is 2.56 bits per heavy atom. The van der Waals surface area contributed by atoms with E-state index in [0.29, 0.717) is 48.8 Å². The first-order valence-electron chi connectivity index (χ1n) is 12.3. The second-order valence-corrected chi connectivity index (χ2v) is 8.87. The number of amides is 2. The van der Waals surface area contributed by atoms with Gasteiger partial charge in [-0.1, -0.05) is 18.2 Å². The number of piperazine rings is 1. The van der Waals surface area contributed by atoms with Gasteiger partial charge in [-0.25, -0.2) is 4.98 Å². The Morgan fingerprint density at radius 1 is 0.972 bits per heavy atom. The molecule has 36 heavy (non-hydrogen) atoms. The lowest BCUT2D eigenvalue weighted by molar-refractivity contribution is 0.0735. The molecule has 1 saturated heterocycles. The second kappa shape index (κ2) is 10.7. The minimum absolute atomic E-state index is 0.0267. The smallest absolute Gasteiger partial charge is 0.254 e. The van der Waals surface area contributed by atoms with Gasteiger partial charge in [0.15, 0.2) is 5.82 Å². The van der Waals surface area contributed by atoms with Crippen molar-refractivity contribution in [2.24, 2.45) is 0 Å². The summed E-state index contributed by atoms with van der Waals surface area (Å²) >= 11 is 0. The molecule has 0 radical (unpaired) electrons. The molecule has 10 heteroatoms. The molecule has 2 aromatic heterocycles. The summed E-state index contributed by atoms with van der Waals surface area (Å²) < 4.78 is 1.94. The molecule has 4 aromatic rings. The van der Waals surface area contributed by atoms with Crippen molar-refractivity contribution in [2.45, 2.75) is 19.8 Å². The number of nitrogens with one attached hydrogen (secondary N) is 3. The van der Waals surface area contributed by atoms with E-state index < -0.39 is 0 Å². The van der Waals surface area contributed by atoms with Crippen LogP contribution in [0, 0.1) is 6.92 Å². The number of hydrogen-bond acceptors (Lipinski definition) is 7. The Labute approximate surface area is 209 Å². The van der Waals surface area contributed by atoms with Crippen LogP contribution in [0.3, 0.4) is 0 Å². The SMILES string of the molecule is Cc1nnc2c(NCCCCNC(=O)c3ccccc3)nc3ccc(C(=O)N4CCNCC4)cc3n12. The first-order valence-corrected chi connectivity index (χ1v) is 12.3. The average molecular weight is 487 g/mol. The van der Waals surface area contributed by atoms with E-state index in [-0.39, 0.29) is 11.8 Å². The van der Waals surface area contributed by atoms with E-state index >= 15 is 0 Å². The Bertz CT molecular complexity index is 1380. The number of aromatic nitrogens is 4. The van der Waals surface area contributed by atoms with Crippen molar-refractivity contribution in [2.75, 3.05) is 44.6 Å². The van der Waals surface area contributed by atoms with Crippen molar-refractivity contribution in [3.8, 4) is 0 Å². The van der Waals surface area contributed by atoms with Crippen molar-refractivity contribution >= 4 is 34.3 Å². The van der Waals surface area contributed by atoms with E-state index in [0.717, 1.165) is 42.8 Å². The maximum absolute atomic E-state index is 13.0. The predicted molar refractivity (Wildman–Crippen MR) is 138 cm³/mol. The number of anilines is 1. The Morgan fingerprint density at radius 2 is 1.75 bits per heavy atom. The third-order valence-electron chi connectivity index (χ3n) is 6.35. The molecule has 2 aromatic carbocycles. The van der Waals surface area contributed by atoms with Crippen molar-refractivity contribution in [3.63, 3.8) is 0 Å². The quantitative estimate of drug-likeness (QED) is 0.327. The topological polar surface area (TPSA) is 117 Å². The molecule has 2 amide bonds. The number of carbonyl (C=O) groups excluding carboxylic acids is 2. The van der Waals surface area contributed by atoms with Crippen LogP contribution >= 0.6 is 0 Å². The second-order valence-electron chi connectivity index (χ2n) is 8.87. The first-order chi connectivity index (χ1) is 17.6. The standard InChI is InChI=1S/C26H30N8O2/c1-18-31-32-24-23(28-11-5-6-12-29-25(35)19-7-3-2-4-8-19)30-21-10-9-20(17-22(21)34(18)24)26(36)33-15-13-27-14-16-33/h2-4,7-10,17,27H,5-6,11-16H2,1H3,(H,28,30)(H,29,35). The van der Waals surface area contributed by atoms with Crippen molar-refractivity contribution in [1.82, 2.24) is 35.1 Å². The zero-order chi connectivity index (χ0) is 24.9. The van der Waals surface area contributed by atoms with E-state index in [1.807, 2.05) is 52.6 Å². The summed E-state index contributed by atoms with van der Waals surface area (Å²) in [5, 5.41) is 18.2. The Balaban J connectivity index is 1.25. The van der Waals surface area contributed by atoms with Crippen molar-refractivity contribution in [1.29, 1.82) is 0 Å². The van der Waals surface area contributed by atoms with Gasteiger partial charge in [0.1, 0.15) is 5.82 Å². The molecule has 0 spiro atoms. The van der Waals surface area contributed by atoms with Gasteiger partial charge in [-0.3, -0.25) is 14.0 Å². The number of benzene rings is 2. The van der Waals surface area contributed by atoms with E-state index in [9.17, 15) is 9.59 Å². The van der Waals surface area contributed by atoms with Crippen molar-refractivity contribution < 1.29 is 9.59 Å². The number of nitrogens with zero attached hydrogens (tertiary/aromatic N) is 5. The highest BCUT2D eigenvalue weighted by Gasteiger charge is 2.20. The Hall–Kier alpha value is -4.05. The van der Waals surface area contributed by atoms with Gasteiger partial charge in [0.25, 0.3) is 11.8 Å². The Kier molecular flexibility index (Phi) is 7.03. The van der Waals surface area contributed by atoms with Gasteiger partial charge >= 0.3 is 0 Å². The van der Waals surface area contributed by atoms with Gasteiger partial charge < -0.3 is 20.9 Å². The molecule has 0 saturated carbocycles. The summed E-state index contributed by atoms with van der Waals surface area (Å²) in [6.07, 6.45) is 1.69. The summed E-state index contributed by atoms with van der Waals surface area (Å²) in [6, 6.07) is 14.8. The van der Waals surface area contributed by atoms with Gasteiger partial charge in [0, 0.05) is 50.4 Å². The van der Waals surface area contributed by atoms with Crippen LogP contribution in [0.25, 0.3) is 16.7 Å². The molecule has 10 nitrogen and oxygen atoms in total. The fourth-order valence-corrected chi connectivity index (χ4v) is 4.42. The monoisotopic (exact) mass is 486 g/mol. The molecule has 0 aliphatic carbocycles. The van der Waals surface area contributed by atoms with Crippen LogP contribution in [0.4, 0.5) is 5.82 Å². The molecule has 5 rings (SSSR count). The van der Waals surface area contributed by atoms with E-state index in [2.05, 4.69) is 26.1 Å².